The first-order valence-electron chi connectivity index (χ1n) is 8.84. The minimum atomic E-state index is -2.91. The molecule has 0 spiro atoms. The number of amides is 1. The van der Waals surface area contributed by atoms with Gasteiger partial charge in [-0.3, -0.25) is 10.1 Å². The standard InChI is InChI=1S/C18H23F2N5O2/c1-10-8-13(9-11(2)14(10)27-17(19)20)16(26)23-18-22-15(24-25(18)3)12-4-6-21-7-5-12/h8-9,12,17,21H,4-7H2,1-3H3,(H,22,23,24,26). The molecule has 7 nitrogen and oxygen atoms in total. The van der Waals surface area contributed by atoms with Crippen molar-refractivity contribution in [3.63, 3.8) is 0 Å². The largest absolute Gasteiger partial charge is 0.434 e. The third kappa shape index (κ3) is 4.41. The molecule has 0 atom stereocenters. The lowest BCUT2D eigenvalue weighted by atomic mass is 9.98. The number of carbonyl (C=O) groups excluding carboxylic acids is 1. The van der Waals surface area contributed by atoms with Crippen LogP contribution in [0, 0.1) is 13.8 Å². The van der Waals surface area contributed by atoms with Crippen LogP contribution in [0.15, 0.2) is 12.1 Å². The van der Waals surface area contributed by atoms with Crippen molar-refractivity contribution in [3.8, 4) is 5.75 Å². The van der Waals surface area contributed by atoms with Gasteiger partial charge in [0.25, 0.3) is 5.91 Å². The molecule has 146 valence electrons. The molecule has 1 aromatic carbocycles. The molecule has 0 unspecified atom stereocenters. The number of carbonyl (C=O) groups is 1. The van der Waals surface area contributed by atoms with Crippen molar-refractivity contribution in [1.82, 2.24) is 20.1 Å². The predicted octanol–water partition coefficient (Wildman–Crippen LogP) is 2.75. The maximum atomic E-state index is 12.6. The molecular formula is C18H23F2N5O2. The highest BCUT2D eigenvalue weighted by Crippen LogP contribution is 2.27. The first-order chi connectivity index (χ1) is 12.8. The van der Waals surface area contributed by atoms with Crippen LogP contribution in [0.1, 0.15) is 46.1 Å². The maximum absolute atomic E-state index is 12.6. The van der Waals surface area contributed by atoms with Crippen molar-refractivity contribution in [2.24, 2.45) is 7.05 Å². The summed E-state index contributed by atoms with van der Waals surface area (Å²) in [5, 5.41) is 10.5. The molecule has 3 rings (SSSR count). The van der Waals surface area contributed by atoms with Crippen LogP contribution in [0.5, 0.6) is 5.75 Å². The molecule has 0 radical (unpaired) electrons. The summed E-state index contributed by atoms with van der Waals surface area (Å²) in [6.07, 6.45) is 1.92. The summed E-state index contributed by atoms with van der Waals surface area (Å²) in [6.45, 7) is 2.19. The topological polar surface area (TPSA) is 81.1 Å². The monoisotopic (exact) mass is 379 g/mol. The van der Waals surface area contributed by atoms with Crippen LogP contribution in [0.3, 0.4) is 0 Å². The molecule has 1 saturated heterocycles. The highest BCUT2D eigenvalue weighted by atomic mass is 19.3. The zero-order chi connectivity index (χ0) is 19.6. The molecule has 9 heteroatoms. The van der Waals surface area contributed by atoms with Crippen molar-refractivity contribution >= 4 is 11.9 Å². The van der Waals surface area contributed by atoms with Crippen molar-refractivity contribution in [2.45, 2.75) is 39.2 Å². The Labute approximate surface area is 156 Å². The third-order valence-electron chi connectivity index (χ3n) is 4.64. The van der Waals surface area contributed by atoms with Gasteiger partial charge in [-0.25, -0.2) is 4.68 Å². The molecule has 1 fully saturated rings. The number of hydrogen-bond donors (Lipinski definition) is 2. The fourth-order valence-electron chi connectivity index (χ4n) is 3.30. The molecule has 1 aliphatic heterocycles. The fourth-order valence-corrected chi connectivity index (χ4v) is 3.30. The number of halogens is 2. The van der Waals surface area contributed by atoms with E-state index < -0.39 is 6.61 Å². The van der Waals surface area contributed by atoms with Gasteiger partial charge in [0.2, 0.25) is 5.95 Å². The summed E-state index contributed by atoms with van der Waals surface area (Å²) in [6, 6.07) is 3.04. The summed E-state index contributed by atoms with van der Waals surface area (Å²) in [7, 11) is 1.73. The van der Waals surface area contributed by atoms with Crippen LogP contribution < -0.4 is 15.4 Å². The van der Waals surface area contributed by atoms with E-state index in [0.29, 0.717) is 22.6 Å². The predicted molar refractivity (Wildman–Crippen MR) is 96.3 cm³/mol. The van der Waals surface area contributed by atoms with E-state index in [1.54, 1.807) is 25.6 Å². The average molecular weight is 379 g/mol. The zero-order valence-corrected chi connectivity index (χ0v) is 15.6. The summed E-state index contributed by atoms with van der Waals surface area (Å²) >= 11 is 0. The Morgan fingerprint density at radius 1 is 1.30 bits per heavy atom. The second kappa shape index (κ2) is 7.99. The Balaban J connectivity index is 1.76. The van der Waals surface area contributed by atoms with E-state index >= 15 is 0 Å². The number of nitrogens with one attached hydrogen (secondary N) is 2. The molecule has 1 amide bonds. The average Bonchev–Trinajstić information content (AvgIpc) is 2.99. The minimum Gasteiger partial charge on any atom is -0.434 e. The number of rotatable bonds is 5. The molecule has 2 aromatic rings. The van der Waals surface area contributed by atoms with Crippen molar-refractivity contribution < 1.29 is 18.3 Å². The molecule has 1 aromatic heterocycles. The van der Waals surface area contributed by atoms with E-state index in [-0.39, 0.29) is 17.6 Å². The molecule has 1 aliphatic rings. The number of piperidine rings is 1. The first-order valence-corrected chi connectivity index (χ1v) is 8.84. The number of aromatic nitrogens is 3. The number of hydrogen-bond acceptors (Lipinski definition) is 5. The molecule has 2 heterocycles. The van der Waals surface area contributed by atoms with Gasteiger partial charge in [0.1, 0.15) is 5.75 Å². The Hall–Kier alpha value is -2.55. The van der Waals surface area contributed by atoms with Gasteiger partial charge in [-0.1, -0.05) is 0 Å². The lowest BCUT2D eigenvalue weighted by Crippen LogP contribution is -2.27. The van der Waals surface area contributed by atoms with E-state index in [2.05, 4.69) is 25.5 Å². The first kappa shape index (κ1) is 19.2. The molecule has 2 N–H and O–H groups in total. The Morgan fingerprint density at radius 2 is 1.93 bits per heavy atom. The highest BCUT2D eigenvalue weighted by molar-refractivity contribution is 6.03. The van der Waals surface area contributed by atoms with E-state index in [4.69, 9.17) is 0 Å². The Morgan fingerprint density at radius 3 is 2.52 bits per heavy atom. The van der Waals surface area contributed by atoms with Gasteiger partial charge in [-0.15, -0.1) is 0 Å². The zero-order valence-electron chi connectivity index (χ0n) is 15.6. The van der Waals surface area contributed by atoms with Crippen LogP contribution in [-0.4, -0.2) is 40.4 Å². The van der Waals surface area contributed by atoms with E-state index in [9.17, 15) is 13.6 Å². The maximum Gasteiger partial charge on any atom is 0.387 e. The van der Waals surface area contributed by atoms with Gasteiger partial charge in [0, 0.05) is 18.5 Å². The van der Waals surface area contributed by atoms with E-state index in [1.807, 2.05) is 0 Å². The van der Waals surface area contributed by atoms with Crippen molar-refractivity contribution in [3.05, 3.63) is 34.6 Å². The number of benzene rings is 1. The smallest absolute Gasteiger partial charge is 0.387 e. The number of ether oxygens (including phenoxy) is 1. The van der Waals surface area contributed by atoms with Gasteiger partial charge in [-0.2, -0.15) is 18.9 Å². The molecule has 0 bridgehead atoms. The number of nitrogens with zero attached hydrogens (tertiary/aromatic N) is 3. The number of aryl methyl sites for hydroxylation is 3. The second-order valence-electron chi connectivity index (χ2n) is 6.71. The van der Waals surface area contributed by atoms with E-state index in [1.165, 1.54) is 12.1 Å². The molecule has 27 heavy (non-hydrogen) atoms. The fraction of sp³-hybridized carbons (Fsp3) is 0.500. The Bertz CT molecular complexity index is 808. The SMILES string of the molecule is Cc1cc(C(=O)Nc2nc(C3CCNCC3)nn2C)cc(C)c1OC(F)F. The normalized spacial score (nSPS) is 15.2. The van der Waals surface area contributed by atoms with E-state index in [0.717, 1.165) is 31.8 Å². The summed E-state index contributed by atoms with van der Waals surface area (Å²) < 4.78 is 31.1. The van der Waals surface area contributed by atoms with Crippen LogP contribution in [-0.2, 0) is 7.05 Å². The molecular weight excluding hydrogens is 356 g/mol. The van der Waals surface area contributed by atoms with Crippen LogP contribution in [0.25, 0.3) is 0 Å². The highest BCUT2D eigenvalue weighted by Gasteiger charge is 2.22. The Kier molecular flexibility index (Phi) is 5.69. The number of alkyl halides is 2. The molecule has 0 aliphatic carbocycles. The van der Waals surface area contributed by atoms with Gasteiger partial charge in [0.05, 0.1) is 0 Å². The van der Waals surface area contributed by atoms with Gasteiger partial charge < -0.3 is 10.1 Å². The second-order valence-corrected chi connectivity index (χ2v) is 6.71. The summed E-state index contributed by atoms with van der Waals surface area (Å²) in [5.74, 6) is 1.07. The van der Waals surface area contributed by atoms with Crippen LogP contribution >= 0.6 is 0 Å². The quantitative estimate of drug-likeness (QED) is 0.835. The van der Waals surface area contributed by atoms with Crippen molar-refractivity contribution in [1.29, 1.82) is 0 Å². The van der Waals surface area contributed by atoms with Gasteiger partial charge in [-0.05, 0) is 63.0 Å². The van der Waals surface area contributed by atoms with Crippen LogP contribution in [0.2, 0.25) is 0 Å². The van der Waals surface area contributed by atoms with Gasteiger partial charge >= 0.3 is 6.61 Å². The third-order valence-corrected chi connectivity index (χ3v) is 4.64. The lowest BCUT2D eigenvalue weighted by molar-refractivity contribution is -0.0507. The van der Waals surface area contributed by atoms with Gasteiger partial charge in [0.15, 0.2) is 5.82 Å². The summed E-state index contributed by atoms with van der Waals surface area (Å²) in [5.41, 5.74) is 1.28. The molecule has 0 saturated carbocycles. The lowest BCUT2D eigenvalue weighted by Gasteiger charge is -2.19. The number of anilines is 1. The van der Waals surface area contributed by atoms with Crippen LogP contribution in [0.4, 0.5) is 14.7 Å². The summed E-state index contributed by atoms with van der Waals surface area (Å²) in [4.78, 5) is 17.1. The van der Waals surface area contributed by atoms with Crippen molar-refractivity contribution in [2.75, 3.05) is 18.4 Å². The minimum absolute atomic E-state index is 0.0911.